The highest BCUT2D eigenvalue weighted by atomic mass is 32.2. The molecule has 1 aromatic carbocycles. The van der Waals surface area contributed by atoms with Crippen molar-refractivity contribution in [1.29, 1.82) is 0 Å². The van der Waals surface area contributed by atoms with Crippen molar-refractivity contribution in [2.24, 2.45) is 0 Å². The molecule has 2 aliphatic rings. The van der Waals surface area contributed by atoms with E-state index >= 15 is 0 Å². The van der Waals surface area contributed by atoms with E-state index < -0.39 is 9.84 Å². The van der Waals surface area contributed by atoms with Crippen molar-refractivity contribution in [2.45, 2.75) is 49.3 Å². The molecule has 0 N–H and O–H groups in total. The molecule has 2 fully saturated rings. The molecule has 0 bridgehead atoms. The van der Waals surface area contributed by atoms with Crippen LogP contribution in [0.3, 0.4) is 0 Å². The second-order valence-electron chi connectivity index (χ2n) is 8.54. The molecule has 0 radical (unpaired) electrons. The fourth-order valence-corrected chi connectivity index (χ4v) is 7.35. The van der Waals surface area contributed by atoms with Crippen LogP contribution in [0, 0.1) is 0 Å². The normalized spacial score (nSPS) is 20.3. The Morgan fingerprint density at radius 3 is 2.52 bits per heavy atom. The number of carbonyl (C=O) groups excluding carboxylic acids is 1. The minimum absolute atomic E-state index is 0.0313. The summed E-state index contributed by atoms with van der Waals surface area (Å²) in [6.45, 7) is 0. The summed E-state index contributed by atoms with van der Waals surface area (Å²) in [6, 6.07) is 13.2. The maximum Gasteiger partial charge on any atom is 0.233 e. The van der Waals surface area contributed by atoms with E-state index in [1.165, 1.54) is 11.8 Å². The summed E-state index contributed by atoms with van der Waals surface area (Å²) < 4.78 is 31.6. The number of hydrogen-bond acceptors (Lipinski definition) is 7. The van der Waals surface area contributed by atoms with Crippen molar-refractivity contribution in [3.63, 3.8) is 0 Å². The van der Waals surface area contributed by atoms with Gasteiger partial charge in [0.25, 0.3) is 0 Å². The minimum atomic E-state index is -3.07. The van der Waals surface area contributed by atoms with E-state index in [9.17, 15) is 13.2 Å². The van der Waals surface area contributed by atoms with E-state index in [4.69, 9.17) is 4.42 Å². The molecular formula is C23H26N4O4S2. The largest absolute Gasteiger partial charge is 0.461 e. The summed E-state index contributed by atoms with van der Waals surface area (Å²) in [5.74, 6) is 1.54. The molecule has 1 amide bonds. The first-order valence-corrected chi connectivity index (χ1v) is 14.0. The predicted octanol–water partition coefficient (Wildman–Crippen LogP) is 3.58. The smallest absolute Gasteiger partial charge is 0.233 e. The van der Waals surface area contributed by atoms with Crippen LogP contribution < -0.4 is 0 Å². The lowest BCUT2D eigenvalue weighted by molar-refractivity contribution is -0.132. The molecule has 1 aliphatic carbocycles. The van der Waals surface area contributed by atoms with Crippen LogP contribution in [-0.4, -0.2) is 63.3 Å². The second-order valence-corrected chi connectivity index (χ2v) is 11.7. The Hall–Kier alpha value is -2.59. The van der Waals surface area contributed by atoms with Crippen LogP contribution in [0.1, 0.15) is 32.1 Å². The third kappa shape index (κ3) is 4.72. The van der Waals surface area contributed by atoms with E-state index in [0.29, 0.717) is 23.2 Å². The first-order chi connectivity index (χ1) is 16.0. The van der Waals surface area contributed by atoms with Crippen LogP contribution in [0.5, 0.6) is 0 Å². The van der Waals surface area contributed by atoms with E-state index in [0.717, 1.165) is 31.4 Å². The number of aromatic nitrogens is 3. The van der Waals surface area contributed by atoms with Gasteiger partial charge in [-0.1, -0.05) is 42.8 Å². The summed E-state index contributed by atoms with van der Waals surface area (Å²) in [6.07, 6.45) is 6.15. The molecule has 1 saturated carbocycles. The highest BCUT2D eigenvalue weighted by Crippen LogP contribution is 2.32. The predicted molar refractivity (Wildman–Crippen MR) is 126 cm³/mol. The number of furan rings is 1. The SMILES string of the molecule is O=C(CSc1nnc(-c2ccco2)n1-c1ccccc1)N(C1CCCC1)C1CCS(=O)(=O)C1. The van der Waals surface area contributed by atoms with Gasteiger partial charge < -0.3 is 9.32 Å². The van der Waals surface area contributed by atoms with Crippen molar-refractivity contribution in [3.8, 4) is 17.3 Å². The van der Waals surface area contributed by atoms with Gasteiger partial charge in [-0.05, 0) is 43.5 Å². The number of rotatable bonds is 7. The molecule has 8 nitrogen and oxygen atoms in total. The number of thioether (sulfide) groups is 1. The van der Waals surface area contributed by atoms with E-state index in [1.807, 2.05) is 45.9 Å². The van der Waals surface area contributed by atoms with Crippen LogP contribution in [0.25, 0.3) is 17.3 Å². The third-order valence-electron chi connectivity index (χ3n) is 6.32. The Bertz CT molecular complexity index is 1200. The van der Waals surface area contributed by atoms with Gasteiger partial charge in [0, 0.05) is 17.8 Å². The summed E-state index contributed by atoms with van der Waals surface area (Å²) in [4.78, 5) is 15.3. The number of amides is 1. The minimum Gasteiger partial charge on any atom is -0.461 e. The standard InChI is InChI=1S/C23H26N4O4S2/c28-21(26(17-9-4-5-10-17)19-12-14-33(29,30)16-19)15-32-23-25-24-22(20-11-6-13-31-20)27(23)18-7-2-1-3-8-18/h1-3,6-8,11,13,17,19H,4-5,9-10,12,14-16H2. The number of sulfone groups is 1. The average molecular weight is 487 g/mol. The number of benzene rings is 1. The average Bonchev–Trinajstić information content (AvgIpc) is 3.60. The zero-order valence-electron chi connectivity index (χ0n) is 18.2. The Morgan fingerprint density at radius 2 is 1.85 bits per heavy atom. The first kappa shape index (κ1) is 22.2. The van der Waals surface area contributed by atoms with Gasteiger partial charge in [0.05, 0.1) is 23.5 Å². The van der Waals surface area contributed by atoms with E-state index in [-0.39, 0.29) is 35.2 Å². The molecular weight excluding hydrogens is 460 g/mol. The Kier molecular flexibility index (Phi) is 6.29. The maximum absolute atomic E-state index is 13.4. The molecule has 2 aromatic heterocycles. The van der Waals surface area contributed by atoms with Crippen molar-refractivity contribution < 1.29 is 17.6 Å². The highest BCUT2D eigenvalue weighted by Gasteiger charge is 2.39. The molecule has 33 heavy (non-hydrogen) atoms. The zero-order chi connectivity index (χ0) is 22.8. The van der Waals surface area contributed by atoms with Crippen molar-refractivity contribution >= 4 is 27.5 Å². The molecule has 5 rings (SSSR count). The lowest BCUT2D eigenvalue weighted by atomic mass is 10.1. The zero-order valence-corrected chi connectivity index (χ0v) is 19.8. The Balaban J connectivity index is 1.39. The van der Waals surface area contributed by atoms with Gasteiger partial charge in [-0.25, -0.2) is 8.42 Å². The highest BCUT2D eigenvalue weighted by molar-refractivity contribution is 7.99. The van der Waals surface area contributed by atoms with Gasteiger partial charge in [-0.2, -0.15) is 0 Å². The number of para-hydroxylation sites is 1. The molecule has 1 saturated heterocycles. The van der Waals surface area contributed by atoms with Crippen LogP contribution in [0.15, 0.2) is 58.3 Å². The van der Waals surface area contributed by atoms with Crippen LogP contribution >= 0.6 is 11.8 Å². The fourth-order valence-electron chi connectivity index (χ4n) is 4.82. The summed E-state index contributed by atoms with van der Waals surface area (Å²) in [5, 5.41) is 9.26. The summed E-state index contributed by atoms with van der Waals surface area (Å²) in [7, 11) is -3.07. The van der Waals surface area contributed by atoms with Crippen LogP contribution in [0.2, 0.25) is 0 Å². The number of hydrogen-bond donors (Lipinski definition) is 0. The Labute approximate surface area is 197 Å². The first-order valence-electron chi connectivity index (χ1n) is 11.2. The van der Waals surface area contributed by atoms with Gasteiger partial charge in [0.1, 0.15) is 0 Å². The lowest BCUT2D eigenvalue weighted by Gasteiger charge is -2.34. The fraction of sp³-hybridized carbons (Fsp3) is 0.435. The van der Waals surface area contributed by atoms with Gasteiger partial charge in [-0.3, -0.25) is 9.36 Å². The summed E-state index contributed by atoms with van der Waals surface area (Å²) >= 11 is 1.32. The molecule has 0 spiro atoms. The molecule has 10 heteroatoms. The van der Waals surface area contributed by atoms with Gasteiger partial charge >= 0.3 is 0 Å². The topological polar surface area (TPSA) is 98.3 Å². The van der Waals surface area contributed by atoms with Crippen molar-refractivity contribution in [2.75, 3.05) is 17.3 Å². The lowest BCUT2D eigenvalue weighted by Crippen LogP contribution is -2.47. The van der Waals surface area contributed by atoms with Gasteiger partial charge in [0.15, 0.2) is 20.8 Å². The molecule has 1 aliphatic heterocycles. The van der Waals surface area contributed by atoms with Crippen LogP contribution in [-0.2, 0) is 14.6 Å². The van der Waals surface area contributed by atoms with Crippen molar-refractivity contribution in [3.05, 3.63) is 48.7 Å². The molecule has 1 atom stereocenters. The van der Waals surface area contributed by atoms with Crippen LogP contribution in [0.4, 0.5) is 0 Å². The van der Waals surface area contributed by atoms with Gasteiger partial charge in [0.2, 0.25) is 11.7 Å². The van der Waals surface area contributed by atoms with Crippen molar-refractivity contribution in [1.82, 2.24) is 19.7 Å². The quantitative estimate of drug-likeness (QED) is 0.471. The third-order valence-corrected chi connectivity index (χ3v) is 8.99. The van der Waals surface area contributed by atoms with E-state index in [1.54, 1.807) is 12.3 Å². The molecule has 174 valence electrons. The van der Waals surface area contributed by atoms with Gasteiger partial charge in [-0.15, -0.1) is 10.2 Å². The molecule has 1 unspecified atom stereocenters. The second kappa shape index (κ2) is 9.34. The number of carbonyl (C=O) groups is 1. The molecule has 3 aromatic rings. The number of nitrogens with zero attached hydrogens (tertiary/aromatic N) is 4. The monoisotopic (exact) mass is 486 g/mol. The maximum atomic E-state index is 13.4. The molecule has 3 heterocycles. The van der Waals surface area contributed by atoms with E-state index in [2.05, 4.69) is 10.2 Å². The Morgan fingerprint density at radius 1 is 1.06 bits per heavy atom. The summed E-state index contributed by atoms with van der Waals surface area (Å²) in [5.41, 5.74) is 0.874.